The molecule has 26 heavy (non-hydrogen) atoms. The number of rotatable bonds is 9. The van der Waals surface area contributed by atoms with Crippen molar-refractivity contribution in [2.75, 3.05) is 12.8 Å². The van der Waals surface area contributed by atoms with Gasteiger partial charge in [-0.05, 0) is 65.1 Å². The van der Waals surface area contributed by atoms with Crippen molar-refractivity contribution >= 4 is 31.7 Å². The minimum absolute atomic E-state index is 0.00860. The van der Waals surface area contributed by atoms with E-state index in [4.69, 9.17) is 4.63 Å². The first-order chi connectivity index (χ1) is 12.4. The molecule has 0 saturated heterocycles. The number of hydrogen-bond acceptors (Lipinski definition) is 7. The van der Waals surface area contributed by atoms with Crippen molar-refractivity contribution in [3.63, 3.8) is 0 Å². The van der Waals surface area contributed by atoms with Crippen molar-refractivity contribution in [3.05, 3.63) is 45.4 Å². The van der Waals surface area contributed by atoms with Crippen LogP contribution in [0.3, 0.4) is 0 Å². The fourth-order valence-electron chi connectivity index (χ4n) is 2.29. The summed E-state index contributed by atoms with van der Waals surface area (Å²) < 4.78 is 43.4. The summed E-state index contributed by atoms with van der Waals surface area (Å²) in [4.78, 5) is 0. The Morgan fingerprint density at radius 3 is 2.81 bits per heavy atom. The van der Waals surface area contributed by atoms with E-state index in [2.05, 4.69) is 36.1 Å². The molecule has 1 aromatic heterocycles. The molecule has 11 heteroatoms. The third kappa shape index (κ3) is 5.58. The molecule has 0 spiro atoms. The standard InChI is InChI=1S/C15H18BrFN4O4S/c1-18-26(23,24)7-3-2-4-13-15(21-25-20-13)14(19-22)9-10-5-6-12(17)11(16)8-10/h5-6,8,18,22H,2-4,7,9H2,1H3/b19-14+. The lowest BCUT2D eigenvalue weighted by atomic mass is 10.0. The molecule has 0 bridgehead atoms. The molecule has 0 amide bonds. The SMILES string of the molecule is CNS(=O)(=O)CCCCc1nonc1/C(Cc1ccc(F)c(Br)c1)=N/O. The lowest BCUT2D eigenvalue weighted by molar-refractivity contribution is 0.300. The highest BCUT2D eigenvalue weighted by atomic mass is 79.9. The van der Waals surface area contributed by atoms with Gasteiger partial charge in [-0.2, -0.15) is 0 Å². The van der Waals surface area contributed by atoms with Crippen LogP contribution < -0.4 is 4.72 Å². The van der Waals surface area contributed by atoms with Crippen LogP contribution in [0.15, 0.2) is 32.5 Å². The molecule has 0 atom stereocenters. The molecule has 0 fully saturated rings. The fourth-order valence-corrected chi connectivity index (χ4v) is 3.50. The van der Waals surface area contributed by atoms with Crippen LogP contribution in [0, 0.1) is 5.82 Å². The highest BCUT2D eigenvalue weighted by molar-refractivity contribution is 9.10. The molecule has 0 aliphatic rings. The third-order valence-electron chi connectivity index (χ3n) is 3.69. The quantitative estimate of drug-likeness (QED) is 0.263. The number of oxime groups is 1. The molecule has 2 aromatic rings. The largest absolute Gasteiger partial charge is 0.411 e. The molecule has 0 unspecified atom stereocenters. The summed E-state index contributed by atoms with van der Waals surface area (Å²) in [5, 5.41) is 20.2. The molecule has 1 aromatic carbocycles. The second-order valence-electron chi connectivity index (χ2n) is 5.51. The topological polar surface area (TPSA) is 118 Å². The van der Waals surface area contributed by atoms with Gasteiger partial charge in [-0.3, -0.25) is 0 Å². The highest BCUT2D eigenvalue weighted by Crippen LogP contribution is 2.19. The van der Waals surface area contributed by atoms with Gasteiger partial charge < -0.3 is 5.21 Å². The summed E-state index contributed by atoms with van der Waals surface area (Å²) in [5.74, 6) is -0.383. The lowest BCUT2D eigenvalue weighted by Gasteiger charge is -2.05. The van der Waals surface area contributed by atoms with Crippen molar-refractivity contribution in [2.24, 2.45) is 5.16 Å². The van der Waals surface area contributed by atoms with E-state index < -0.39 is 15.8 Å². The van der Waals surface area contributed by atoms with Crippen molar-refractivity contribution in [1.82, 2.24) is 15.0 Å². The Morgan fingerprint density at radius 1 is 1.38 bits per heavy atom. The average Bonchev–Trinajstić information content (AvgIpc) is 3.08. The van der Waals surface area contributed by atoms with Crippen LogP contribution in [0.2, 0.25) is 0 Å². The first-order valence-corrected chi connectivity index (χ1v) is 10.2. The lowest BCUT2D eigenvalue weighted by Crippen LogP contribution is -2.22. The number of halogens is 2. The number of hydrogen-bond donors (Lipinski definition) is 2. The van der Waals surface area contributed by atoms with Crippen molar-refractivity contribution in [1.29, 1.82) is 0 Å². The average molecular weight is 449 g/mol. The van der Waals surface area contributed by atoms with Crippen LogP contribution in [0.1, 0.15) is 29.8 Å². The zero-order valence-electron chi connectivity index (χ0n) is 13.9. The Bertz CT molecular complexity index is 886. The summed E-state index contributed by atoms with van der Waals surface area (Å²) in [5.41, 5.74) is 1.70. The maximum atomic E-state index is 13.3. The number of sulfonamides is 1. The van der Waals surface area contributed by atoms with E-state index in [1.54, 1.807) is 12.1 Å². The number of benzene rings is 1. The van der Waals surface area contributed by atoms with Crippen LogP contribution in [-0.4, -0.2) is 42.5 Å². The summed E-state index contributed by atoms with van der Waals surface area (Å²) in [6, 6.07) is 4.45. The first-order valence-electron chi connectivity index (χ1n) is 7.74. The molecular formula is C15H18BrFN4O4S. The number of nitrogens with one attached hydrogen (secondary N) is 1. The van der Waals surface area contributed by atoms with Crippen molar-refractivity contribution in [2.45, 2.75) is 25.7 Å². The number of nitrogens with zero attached hydrogens (tertiary/aromatic N) is 3. The Morgan fingerprint density at radius 2 is 2.15 bits per heavy atom. The van der Waals surface area contributed by atoms with E-state index in [1.807, 2.05) is 0 Å². The van der Waals surface area contributed by atoms with Gasteiger partial charge in [0.05, 0.1) is 10.2 Å². The van der Waals surface area contributed by atoms with Crippen LogP contribution in [0.25, 0.3) is 0 Å². The summed E-state index contributed by atoms with van der Waals surface area (Å²) in [6.07, 6.45) is 1.60. The highest BCUT2D eigenvalue weighted by Gasteiger charge is 2.18. The van der Waals surface area contributed by atoms with E-state index in [0.29, 0.717) is 40.7 Å². The van der Waals surface area contributed by atoms with Crippen LogP contribution in [0.5, 0.6) is 0 Å². The predicted molar refractivity (Wildman–Crippen MR) is 96.2 cm³/mol. The Hall–Kier alpha value is -1.85. The maximum absolute atomic E-state index is 13.3. The molecule has 8 nitrogen and oxygen atoms in total. The summed E-state index contributed by atoms with van der Waals surface area (Å²) in [7, 11) is -1.88. The summed E-state index contributed by atoms with van der Waals surface area (Å²) >= 11 is 3.11. The number of aromatic nitrogens is 2. The van der Waals surface area contributed by atoms with E-state index in [-0.39, 0.29) is 17.9 Å². The van der Waals surface area contributed by atoms with Gasteiger partial charge in [0.25, 0.3) is 0 Å². The van der Waals surface area contributed by atoms with Crippen LogP contribution in [0.4, 0.5) is 4.39 Å². The van der Waals surface area contributed by atoms with Gasteiger partial charge in [-0.1, -0.05) is 16.4 Å². The van der Waals surface area contributed by atoms with E-state index in [0.717, 1.165) is 0 Å². The molecule has 0 radical (unpaired) electrons. The minimum atomic E-state index is -3.25. The normalized spacial score (nSPS) is 12.5. The molecule has 142 valence electrons. The molecular weight excluding hydrogens is 431 g/mol. The van der Waals surface area contributed by atoms with Gasteiger partial charge >= 0.3 is 0 Å². The molecule has 2 N–H and O–H groups in total. The van der Waals surface area contributed by atoms with Gasteiger partial charge in [0.1, 0.15) is 17.2 Å². The molecule has 0 saturated carbocycles. The minimum Gasteiger partial charge on any atom is -0.411 e. The van der Waals surface area contributed by atoms with Crippen molar-refractivity contribution in [3.8, 4) is 0 Å². The molecule has 0 aliphatic heterocycles. The zero-order valence-corrected chi connectivity index (χ0v) is 16.3. The third-order valence-corrected chi connectivity index (χ3v) is 5.75. The molecule has 0 aliphatic carbocycles. The van der Waals surface area contributed by atoms with E-state index >= 15 is 0 Å². The smallest absolute Gasteiger partial charge is 0.211 e. The van der Waals surface area contributed by atoms with Gasteiger partial charge in [-0.15, -0.1) is 0 Å². The molecule has 1 heterocycles. The van der Waals surface area contributed by atoms with Crippen molar-refractivity contribution < 1.29 is 22.6 Å². The van der Waals surface area contributed by atoms with Crippen LogP contribution in [-0.2, 0) is 22.9 Å². The number of aryl methyl sites for hydroxylation is 1. The number of unbranched alkanes of at least 4 members (excludes halogenated alkanes) is 1. The van der Waals surface area contributed by atoms with Gasteiger partial charge in [0.2, 0.25) is 10.0 Å². The Balaban J connectivity index is 2.03. The van der Waals surface area contributed by atoms with Gasteiger partial charge in [0.15, 0.2) is 5.69 Å². The second-order valence-corrected chi connectivity index (χ2v) is 8.41. The Kier molecular flexibility index (Phi) is 7.23. The molecule has 2 rings (SSSR count). The fraction of sp³-hybridized carbons (Fsp3) is 0.400. The zero-order chi connectivity index (χ0) is 19.2. The predicted octanol–water partition coefficient (Wildman–Crippen LogP) is 2.26. The Labute approximate surface area is 158 Å². The summed E-state index contributed by atoms with van der Waals surface area (Å²) in [6.45, 7) is 0. The van der Waals surface area contributed by atoms with Crippen LogP contribution >= 0.6 is 15.9 Å². The van der Waals surface area contributed by atoms with Gasteiger partial charge in [-0.25, -0.2) is 22.2 Å². The second kappa shape index (κ2) is 9.19. The monoisotopic (exact) mass is 448 g/mol. The first kappa shape index (κ1) is 20.5. The van der Waals surface area contributed by atoms with Gasteiger partial charge in [0, 0.05) is 6.42 Å². The maximum Gasteiger partial charge on any atom is 0.211 e. The van der Waals surface area contributed by atoms with E-state index in [1.165, 1.54) is 13.1 Å². The van der Waals surface area contributed by atoms with E-state index in [9.17, 15) is 18.0 Å².